The van der Waals surface area contributed by atoms with E-state index in [1.165, 1.54) is 12.1 Å². The lowest BCUT2D eigenvalue weighted by atomic mass is 9.95. The molecule has 138 valence electrons. The molecule has 10 heteroatoms. The number of imidazole rings is 1. The third-order valence-corrected chi connectivity index (χ3v) is 5.13. The number of pyridine rings is 1. The van der Waals surface area contributed by atoms with Crippen molar-refractivity contribution >= 4 is 21.6 Å². The van der Waals surface area contributed by atoms with Gasteiger partial charge in [0, 0.05) is 23.7 Å². The second-order valence-electron chi connectivity index (χ2n) is 6.02. The number of fused-ring (bicyclic) bond motifs is 3. The van der Waals surface area contributed by atoms with E-state index in [1.807, 2.05) is 0 Å². The Bertz CT molecular complexity index is 1080. The van der Waals surface area contributed by atoms with E-state index in [0.717, 1.165) is 0 Å². The van der Waals surface area contributed by atoms with Crippen molar-refractivity contribution in [3.8, 4) is 5.75 Å². The van der Waals surface area contributed by atoms with Crippen LogP contribution in [0, 0.1) is 11.3 Å². The molecule has 1 aromatic carbocycles. The molecule has 0 bridgehead atoms. The normalized spacial score (nSPS) is 18.6. The molecule has 0 aliphatic heterocycles. The Morgan fingerprint density at radius 2 is 2.15 bits per heavy atom. The molecular formula is C17H12BrF3N5O+. The van der Waals surface area contributed by atoms with E-state index in [9.17, 15) is 13.2 Å². The van der Waals surface area contributed by atoms with E-state index in [0.29, 0.717) is 29.0 Å². The van der Waals surface area contributed by atoms with Gasteiger partial charge in [-0.15, -0.1) is 0 Å². The van der Waals surface area contributed by atoms with E-state index in [2.05, 4.69) is 35.7 Å². The van der Waals surface area contributed by atoms with Crippen molar-refractivity contribution in [2.75, 3.05) is 0 Å². The van der Waals surface area contributed by atoms with Crippen LogP contribution in [0.4, 0.5) is 13.2 Å². The number of rotatable bonds is 4. The summed E-state index contributed by atoms with van der Waals surface area (Å²) in [5, 5.41) is 3.89. The molecule has 6 nitrogen and oxygen atoms in total. The molecule has 1 aliphatic rings. The maximum atomic E-state index is 13.9. The van der Waals surface area contributed by atoms with Crippen LogP contribution < -0.4 is 9.65 Å². The maximum absolute atomic E-state index is 13.9. The highest BCUT2D eigenvalue weighted by atomic mass is 79.9. The third kappa shape index (κ3) is 3.00. The topological polar surface area (TPSA) is 76.8 Å². The predicted octanol–water partition coefficient (Wildman–Crippen LogP) is 4.96. The lowest BCUT2D eigenvalue weighted by Gasteiger charge is -2.17. The van der Waals surface area contributed by atoms with Crippen molar-refractivity contribution in [3.05, 3.63) is 63.8 Å². The number of aromatic nitrogens is 2. The highest BCUT2D eigenvalue weighted by Gasteiger charge is 2.41. The number of nitrogens with one attached hydrogen (secondary N) is 1. The monoisotopic (exact) mass is 438 g/mol. The number of alkyl halides is 2. The summed E-state index contributed by atoms with van der Waals surface area (Å²) >= 11 is 3.16. The Labute approximate surface area is 159 Å². The van der Waals surface area contributed by atoms with E-state index in [-0.39, 0.29) is 16.1 Å². The van der Waals surface area contributed by atoms with Crippen molar-refractivity contribution in [1.29, 1.82) is 5.53 Å². The summed E-state index contributed by atoms with van der Waals surface area (Å²) in [6, 6.07) is 7.26. The highest BCUT2D eigenvalue weighted by molar-refractivity contribution is 9.10. The summed E-state index contributed by atoms with van der Waals surface area (Å²) in [5.41, 5.74) is 9.19. The molecule has 0 saturated carbocycles. The van der Waals surface area contributed by atoms with Crippen LogP contribution in [0.3, 0.4) is 0 Å². The first-order chi connectivity index (χ1) is 13.0. The molecule has 0 spiro atoms. The Morgan fingerprint density at radius 1 is 1.37 bits per heavy atom. The molecule has 0 radical (unpaired) electrons. The largest absolute Gasteiger partial charge is 0.435 e. The second kappa shape index (κ2) is 6.79. The Morgan fingerprint density at radius 3 is 2.89 bits per heavy atom. The fraction of sp³-hybridized carbons (Fsp3) is 0.235. The van der Waals surface area contributed by atoms with E-state index in [4.69, 9.17) is 5.53 Å². The summed E-state index contributed by atoms with van der Waals surface area (Å²) in [6.45, 7) is -2.96. The number of ether oxygens (including phenoxy) is 1. The number of hydrogen-bond donors (Lipinski definition) is 1. The van der Waals surface area contributed by atoms with Gasteiger partial charge in [-0.3, -0.25) is 0 Å². The van der Waals surface area contributed by atoms with Gasteiger partial charge >= 0.3 is 6.61 Å². The lowest BCUT2D eigenvalue weighted by molar-refractivity contribution is -0.0505. The number of nitrogens with zero attached hydrogens (tertiary/aromatic N) is 4. The summed E-state index contributed by atoms with van der Waals surface area (Å²) in [6.07, 6.45) is 1.93. The fourth-order valence-electron chi connectivity index (χ4n) is 3.53. The van der Waals surface area contributed by atoms with Crippen molar-refractivity contribution in [1.82, 2.24) is 14.3 Å². The van der Waals surface area contributed by atoms with Crippen LogP contribution in [-0.2, 0) is 0 Å². The zero-order chi connectivity index (χ0) is 19.1. The van der Waals surface area contributed by atoms with E-state index in [1.54, 1.807) is 28.8 Å². The van der Waals surface area contributed by atoms with Gasteiger partial charge in [0.15, 0.2) is 6.04 Å². The minimum atomic E-state index is -2.96. The van der Waals surface area contributed by atoms with Gasteiger partial charge in [0.2, 0.25) is 4.91 Å². The number of halogens is 4. The highest BCUT2D eigenvalue weighted by Crippen LogP contribution is 2.48. The predicted molar refractivity (Wildman–Crippen MR) is 92.4 cm³/mol. The average Bonchev–Trinajstić information content (AvgIpc) is 3.14. The van der Waals surface area contributed by atoms with Gasteiger partial charge in [0.1, 0.15) is 27.9 Å². The standard InChI is InChI=1S/C17H12BrF3N5O/c18-10-7-26-14(6-11(10)19)23-15-12(24-25-22)5-9(16(15)26)8-3-1-2-4-13(8)27-17(20)21/h1-4,6-7,9,12,17,22H,5H2/q+1/t9-,12-/m1/s1. The SMILES string of the molecule is N=[N+]=N[C@@H]1C[C@H](c2ccccc2OC(F)F)c2c1nc1cc(F)c(Br)cn21. The molecule has 3 aromatic rings. The van der Waals surface area contributed by atoms with Crippen molar-refractivity contribution in [3.63, 3.8) is 0 Å². The summed E-state index contributed by atoms with van der Waals surface area (Å²) in [5.74, 6) is -0.788. The lowest BCUT2D eigenvalue weighted by Crippen LogP contribution is -2.08. The minimum Gasteiger partial charge on any atom is -0.435 e. The Hall–Kier alpha value is -2.71. The number of benzene rings is 1. The van der Waals surface area contributed by atoms with Crippen LogP contribution in [0.25, 0.3) is 5.65 Å². The van der Waals surface area contributed by atoms with E-state index >= 15 is 0 Å². The quantitative estimate of drug-likeness (QED) is 0.461. The van der Waals surface area contributed by atoms with Gasteiger partial charge in [-0.25, -0.2) is 9.37 Å². The van der Waals surface area contributed by atoms with Crippen LogP contribution in [0.1, 0.15) is 35.3 Å². The molecule has 0 saturated heterocycles. The first-order valence-electron chi connectivity index (χ1n) is 7.96. The molecule has 4 rings (SSSR count). The van der Waals surface area contributed by atoms with Gasteiger partial charge < -0.3 is 9.14 Å². The van der Waals surface area contributed by atoms with Crippen LogP contribution in [0.5, 0.6) is 5.75 Å². The molecule has 0 unspecified atom stereocenters. The molecule has 2 heterocycles. The van der Waals surface area contributed by atoms with Crippen molar-refractivity contribution in [2.24, 2.45) is 5.11 Å². The molecule has 2 atom stereocenters. The molecule has 1 aliphatic carbocycles. The fourth-order valence-corrected chi connectivity index (χ4v) is 3.85. The average molecular weight is 439 g/mol. The second-order valence-corrected chi connectivity index (χ2v) is 6.87. The first-order valence-corrected chi connectivity index (χ1v) is 8.76. The summed E-state index contributed by atoms with van der Waals surface area (Å²) in [7, 11) is 0. The summed E-state index contributed by atoms with van der Waals surface area (Å²) < 4.78 is 46.2. The number of para-hydroxylation sites is 1. The maximum Gasteiger partial charge on any atom is 0.387 e. The minimum absolute atomic E-state index is 0.0584. The van der Waals surface area contributed by atoms with Gasteiger partial charge in [0.25, 0.3) is 0 Å². The summed E-state index contributed by atoms with van der Waals surface area (Å²) in [4.78, 5) is 7.55. The van der Waals surface area contributed by atoms with Crippen LogP contribution in [0.2, 0.25) is 0 Å². The molecule has 27 heavy (non-hydrogen) atoms. The van der Waals surface area contributed by atoms with Gasteiger partial charge in [-0.1, -0.05) is 18.2 Å². The number of hydrogen-bond acceptors (Lipinski definition) is 4. The van der Waals surface area contributed by atoms with Crippen LogP contribution in [0.15, 0.2) is 46.1 Å². The molecule has 0 fully saturated rings. The van der Waals surface area contributed by atoms with Crippen molar-refractivity contribution < 1.29 is 17.9 Å². The molecule has 2 aromatic heterocycles. The Kier molecular flexibility index (Phi) is 4.45. The van der Waals surface area contributed by atoms with Crippen LogP contribution in [-0.4, -0.2) is 16.0 Å². The van der Waals surface area contributed by atoms with Gasteiger partial charge in [-0.05, 0) is 28.4 Å². The smallest absolute Gasteiger partial charge is 0.387 e. The van der Waals surface area contributed by atoms with Gasteiger partial charge in [-0.2, -0.15) is 8.78 Å². The zero-order valence-corrected chi connectivity index (χ0v) is 15.2. The van der Waals surface area contributed by atoms with Gasteiger partial charge in [0.05, 0.1) is 15.9 Å². The third-order valence-electron chi connectivity index (χ3n) is 4.54. The Balaban J connectivity index is 1.93. The van der Waals surface area contributed by atoms with E-state index < -0.39 is 18.5 Å². The molecule has 1 N–H and O–H groups in total. The van der Waals surface area contributed by atoms with Crippen LogP contribution >= 0.6 is 15.9 Å². The van der Waals surface area contributed by atoms with Crippen molar-refractivity contribution in [2.45, 2.75) is 25.0 Å². The molecule has 0 amide bonds. The first kappa shape index (κ1) is 17.7. The zero-order valence-electron chi connectivity index (χ0n) is 13.6. The molecular weight excluding hydrogens is 427 g/mol.